The van der Waals surface area contributed by atoms with E-state index in [-0.39, 0.29) is 0 Å². The molecule has 0 aliphatic carbocycles. The topological polar surface area (TPSA) is 21.6 Å². The van der Waals surface area contributed by atoms with E-state index >= 15 is 0 Å². The van der Waals surface area contributed by atoms with Crippen LogP contribution in [-0.4, -0.2) is 18.5 Å². The molecule has 0 N–H and O–H groups in total. The summed E-state index contributed by atoms with van der Waals surface area (Å²) in [6.45, 7) is 0. The summed E-state index contributed by atoms with van der Waals surface area (Å²) >= 11 is 0. The van der Waals surface area contributed by atoms with Gasteiger partial charge >= 0.3 is 6.18 Å². The Morgan fingerprint density at radius 3 is 2.40 bits per heavy atom. The van der Waals surface area contributed by atoms with Crippen LogP contribution in [0.5, 0.6) is 0 Å². The Kier molecular flexibility index (Phi) is 1.65. The molecule has 0 spiro atoms. The smallest absolute Gasteiger partial charge is 0.430 e. The number of halogens is 3. The van der Waals surface area contributed by atoms with Crippen LogP contribution in [0.25, 0.3) is 0 Å². The van der Waals surface area contributed by atoms with E-state index in [1.807, 2.05) is 0 Å². The minimum atomic E-state index is -4.35. The van der Waals surface area contributed by atoms with Crippen LogP contribution in [0.3, 0.4) is 0 Å². The molecule has 1 aliphatic rings. The summed E-state index contributed by atoms with van der Waals surface area (Å²) in [6.07, 6.45) is -3.45. The van der Waals surface area contributed by atoms with E-state index in [9.17, 15) is 13.2 Å². The van der Waals surface area contributed by atoms with Gasteiger partial charge in [-0.3, -0.25) is 4.99 Å². The largest absolute Gasteiger partial charge is 0.481 e. The maximum absolute atomic E-state index is 11.7. The molecular formula is C5H4F3NO. The third-order valence-electron chi connectivity index (χ3n) is 0.916. The molecule has 56 valence electrons. The average Bonchev–Trinajstić information content (AvgIpc) is 1.88. The van der Waals surface area contributed by atoms with Gasteiger partial charge in [-0.15, -0.1) is 0 Å². The molecule has 10 heavy (non-hydrogen) atoms. The molecule has 1 aliphatic heterocycles. The van der Waals surface area contributed by atoms with Gasteiger partial charge in [0.15, 0.2) is 0 Å². The number of ether oxygens (including phenoxy) is 1. The maximum Gasteiger partial charge on any atom is 0.430 e. The van der Waals surface area contributed by atoms with Crippen molar-refractivity contribution in [2.24, 2.45) is 4.99 Å². The molecule has 0 aromatic heterocycles. The van der Waals surface area contributed by atoms with Crippen molar-refractivity contribution in [2.75, 3.05) is 0 Å². The first kappa shape index (κ1) is 7.11. The first-order valence-electron chi connectivity index (χ1n) is 2.51. The maximum atomic E-state index is 11.7. The van der Waals surface area contributed by atoms with Crippen molar-refractivity contribution >= 4 is 6.21 Å². The van der Waals surface area contributed by atoms with Crippen molar-refractivity contribution in [1.29, 1.82) is 0 Å². The van der Waals surface area contributed by atoms with Crippen molar-refractivity contribution in [3.63, 3.8) is 0 Å². The van der Waals surface area contributed by atoms with Gasteiger partial charge in [0, 0.05) is 0 Å². The third-order valence-corrected chi connectivity index (χ3v) is 0.916. The standard InChI is InChI=1S/C5H4F3NO/c6-5(7,8)4-3-9-1-2-10-4/h1-4H. The number of hydrogen-bond acceptors (Lipinski definition) is 2. The normalized spacial score (nSPS) is 24.5. The van der Waals surface area contributed by atoms with Crippen molar-refractivity contribution in [2.45, 2.75) is 12.3 Å². The highest BCUT2D eigenvalue weighted by Gasteiger charge is 2.40. The molecule has 0 bridgehead atoms. The van der Waals surface area contributed by atoms with Crippen LogP contribution in [0.15, 0.2) is 17.5 Å². The summed E-state index contributed by atoms with van der Waals surface area (Å²) in [5, 5.41) is 0. The fourth-order valence-corrected chi connectivity index (χ4v) is 0.480. The summed E-state index contributed by atoms with van der Waals surface area (Å²) in [7, 11) is 0. The summed E-state index contributed by atoms with van der Waals surface area (Å²) < 4.78 is 39.3. The molecule has 1 unspecified atom stereocenters. The molecular weight excluding hydrogens is 147 g/mol. The zero-order valence-corrected chi connectivity index (χ0v) is 4.80. The lowest BCUT2D eigenvalue weighted by molar-refractivity contribution is -0.182. The SMILES string of the molecule is FC(F)(F)C1C=NC=CO1. The second-order valence-corrected chi connectivity index (χ2v) is 1.68. The van der Waals surface area contributed by atoms with E-state index in [1.54, 1.807) is 0 Å². The van der Waals surface area contributed by atoms with E-state index in [0.717, 1.165) is 12.5 Å². The molecule has 0 amide bonds. The Bertz CT molecular complexity index is 172. The molecule has 1 heterocycles. The van der Waals surface area contributed by atoms with E-state index in [1.165, 1.54) is 0 Å². The first-order valence-corrected chi connectivity index (χ1v) is 2.51. The molecule has 0 aromatic carbocycles. The summed E-state index contributed by atoms with van der Waals surface area (Å²) in [4.78, 5) is 3.27. The van der Waals surface area contributed by atoms with Crippen LogP contribution in [0.4, 0.5) is 13.2 Å². The number of nitrogens with zero attached hydrogens (tertiary/aromatic N) is 1. The summed E-state index contributed by atoms with van der Waals surface area (Å²) in [6, 6.07) is 0. The quantitative estimate of drug-likeness (QED) is 0.514. The Hall–Kier alpha value is -1.00. The second-order valence-electron chi connectivity index (χ2n) is 1.68. The van der Waals surface area contributed by atoms with Gasteiger partial charge < -0.3 is 4.74 Å². The van der Waals surface area contributed by atoms with Crippen LogP contribution >= 0.6 is 0 Å². The van der Waals surface area contributed by atoms with Gasteiger partial charge in [0.05, 0.1) is 12.4 Å². The molecule has 5 heteroatoms. The number of rotatable bonds is 0. The van der Waals surface area contributed by atoms with E-state index < -0.39 is 12.3 Å². The zero-order valence-electron chi connectivity index (χ0n) is 4.80. The van der Waals surface area contributed by atoms with Gasteiger partial charge in [-0.05, 0) is 0 Å². The second kappa shape index (κ2) is 2.32. The summed E-state index contributed by atoms with van der Waals surface area (Å²) in [5.41, 5.74) is 0. The first-order chi connectivity index (χ1) is 4.61. The Morgan fingerprint density at radius 2 is 2.10 bits per heavy atom. The molecule has 2 nitrogen and oxygen atoms in total. The lowest BCUT2D eigenvalue weighted by Crippen LogP contribution is -2.32. The van der Waals surface area contributed by atoms with E-state index in [0.29, 0.717) is 6.21 Å². The highest BCUT2D eigenvalue weighted by Crippen LogP contribution is 2.22. The monoisotopic (exact) mass is 151 g/mol. The van der Waals surface area contributed by atoms with Crippen molar-refractivity contribution in [1.82, 2.24) is 0 Å². The Morgan fingerprint density at radius 1 is 1.40 bits per heavy atom. The molecule has 0 fully saturated rings. The van der Waals surface area contributed by atoms with Crippen molar-refractivity contribution in [3.05, 3.63) is 12.5 Å². The minimum absolute atomic E-state index is 0.708. The minimum Gasteiger partial charge on any atom is -0.481 e. The van der Waals surface area contributed by atoms with Crippen LogP contribution in [0, 0.1) is 0 Å². The van der Waals surface area contributed by atoms with Gasteiger partial charge in [0.25, 0.3) is 0 Å². The lowest BCUT2D eigenvalue weighted by Gasteiger charge is -2.16. The van der Waals surface area contributed by atoms with Gasteiger partial charge in [0.1, 0.15) is 6.26 Å². The van der Waals surface area contributed by atoms with Gasteiger partial charge in [0.2, 0.25) is 6.10 Å². The van der Waals surface area contributed by atoms with Gasteiger partial charge in [-0.25, -0.2) is 0 Å². The highest BCUT2D eigenvalue weighted by atomic mass is 19.4. The van der Waals surface area contributed by atoms with E-state index in [4.69, 9.17) is 0 Å². The van der Waals surface area contributed by atoms with Crippen LogP contribution in [0.1, 0.15) is 0 Å². The van der Waals surface area contributed by atoms with Gasteiger partial charge in [-0.2, -0.15) is 13.2 Å². The molecule has 0 radical (unpaired) electrons. The predicted octanol–water partition coefficient (Wildman–Crippen LogP) is 1.49. The molecule has 0 saturated heterocycles. The molecule has 1 rings (SSSR count). The molecule has 0 saturated carbocycles. The zero-order chi connectivity index (χ0) is 7.61. The van der Waals surface area contributed by atoms with Gasteiger partial charge in [-0.1, -0.05) is 0 Å². The number of hydrogen-bond donors (Lipinski definition) is 0. The molecule has 0 aromatic rings. The number of aliphatic imine (C=N–C) groups is 1. The van der Waals surface area contributed by atoms with Crippen LogP contribution in [-0.2, 0) is 4.74 Å². The fourth-order valence-electron chi connectivity index (χ4n) is 0.480. The Balaban J connectivity index is 2.60. The van der Waals surface area contributed by atoms with Crippen molar-refractivity contribution < 1.29 is 17.9 Å². The highest BCUT2D eigenvalue weighted by molar-refractivity contribution is 5.65. The molecule has 1 atom stereocenters. The Labute approximate surface area is 55.0 Å². The fraction of sp³-hybridized carbons (Fsp3) is 0.400. The third kappa shape index (κ3) is 1.49. The van der Waals surface area contributed by atoms with Crippen LogP contribution in [0.2, 0.25) is 0 Å². The lowest BCUT2D eigenvalue weighted by atomic mass is 10.4. The van der Waals surface area contributed by atoms with Crippen molar-refractivity contribution in [3.8, 4) is 0 Å². The number of alkyl halides is 3. The average molecular weight is 151 g/mol. The predicted molar refractivity (Wildman–Crippen MR) is 28.6 cm³/mol. The summed E-state index contributed by atoms with van der Waals surface area (Å²) in [5.74, 6) is 0. The van der Waals surface area contributed by atoms with Crippen LogP contribution < -0.4 is 0 Å². The van der Waals surface area contributed by atoms with E-state index in [2.05, 4.69) is 9.73 Å².